The third-order valence-electron chi connectivity index (χ3n) is 2.00. The number of allylic oxidation sites excluding steroid dienone is 4. The average molecular weight is 221 g/mol. The Kier molecular flexibility index (Phi) is 6.47. The number of amides is 1. The van der Waals surface area contributed by atoms with Crippen molar-refractivity contribution in [2.24, 2.45) is 5.41 Å². The van der Waals surface area contributed by atoms with E-state index in [9.17, 15) is 4.79 Å². The van der Waals surface area contributed by atoms with Crippen LogP contribution in [0.15, 0.2) is 36.6 Å². The van der Waals surface area contributed by atoms with E-state index < -0.39 is 0 Å². The molecule has 0 aliphatic rings. The Bertz CT molecular complexity index is 292. The maximum absolute atomic E-state index is 11.5. The average Bonchev–Trinajstić information content (AvgIpc) is 2.14. The van der Waals surface area contributed by atoms with Crippen molar-refractivity contribution in [2.45, 2.75) is 40.5 Å². The van der Waals surface area contributed by atoms with Gasteiger partial charge < -0.3 is 5.32 Å². The topological polar surface area (TPSA) is 29.1 Å². The predicted octanol–water partition coefficient (Wildman–Crippen LogP) is 3.57. The Balaban J connectivity index is 3.92. The van der Waals surface area contributed by atoms with Gasteiger partial charge in [0.25, 0.3) is 0 Å². The van der Waals surface area contributed by atoms with E-state index in [1.165, 1.54) is 0 Å². The SMILES string of the molecule is C=C(/C=C\C=C/C)NC(=O)CCC(C)(C)C. The summed E-state index contributed by atoms with van der Waals surface area (Å²) >= 11 is 0. The van der Waals surface area contributed by atoms with Gasteiger partial charge in [-0.05, 0) is 24.8 Å². The molecule has 0 saturated heterocycles. The van der Waals surface area contributed by atoms with Crippen molar-refractivity contribution in [3.63, 3.8) is 0 Å². The Morgan fingerprint density at radius 1 is 1.31 bits per heavy atom. The molecule has 1 amide bonds. The second-order valence-corrected chi connectivity index (χ2v) is 5.02. The third-order valence-corrected chi connectivity index (χ3v) is 2.00. The Labute approximate surface area is 99.1 Å². The number of nitrogens with one attached hydrogen (secondary N) is 1. The Hall–Kier alpha value is -1.31. The van der Waals surface area contributed by atoms with E-state index >= 15 is 0 Å². The molecule has 0 saturated carbocycles. The summed E-state index contributed by atoms with van der Waals surface area (Å²) in [4.78, 5) is 11.5. The molecule has 0 unspecified atom stereocenters. The predicted molar refractivity (Wildman–Crippen MR) is 69.9 cm³/mol. The van der Waals surface area contributed by atoms with Crippen molar-refractivity contribution in [3.8, 4) is 0 Å². The third kappa shape index (κ3) is 9.25. The van der Waals surface area contributed by atoms with E-state index in [2.05, 4.69) is 32.7 Å². The van der Waals surface area contributed by atoms with Crippen LogP contribution in [-0.4, -0.2) is 5.91 Å². The van der Waals surface area contributed by atoms with Gasteiger partial charge in [0.15, 0.2) is 0 Å². The van der Waals surface area contributed by atoms with E-state index in [1.54, 1.807) is 6.08 Å². The van der Waals surface area contributed by atoms with Crippen LogP contribution < -0.4 is 5.32 Å². The van der Waals surface area contributed by atoms with Crippen molar-refractivity contribution in [1.82, 2.24) is 5.32 Å². The summed E-state index contributed by atoms with van der Waals surface area (Å²) in [7, 11) is 0. The second-order valence-electron chi connectivity index (χ2n) is 5.02. The van der Waals surface area contributed by atoms with E-state index in [0.29, 0.717) is 12.1 Å². The largest absolute Gasteiger partial charge is 0.327 e. The van der Waals surface area contributed by atoms with Crippen LogP contribution in [0.1, 0.15) is 40.5 Å². The van der Waals surface area contributed by atoms with Crippen LogP contribution >= 0.6 is 0 Å². The van der Waals surface area contributed by atoms with E-state index in [1.807, 2.05) is 25.2 Å². The first-order chi connectivity index (χ1) is 7.35. The highest BCUT2D eigenvalue weighted by Crippen LogP contribution is 2.20. The number of rotatable bonds is 5. The molecule has 2 nitrogen and oxygen atoms in total. The van der Waals surface area contributed by atoms with Gasteiger partial charge in [0, 0.05) is 12.1 Å². The van der Waals surface area contributed by atoms with Gasteiger partial charge in [-0.3, -0.25) is 4.79 Å². The Morgan fingerprint density at radius 2 is 1.94 bits per heavy atom. The zero-order chi connectivity index (χ0) is 12.6. The van der Waals surface area contributed by atoms with Crippen molar-refractivity contribution in [1.29, 1.82) is 0 Å². The molecule has 2 heteroatoms. The second kappa shape index (κ2) is 7.04. The summed E-state index contributed by atoms with van der Waals surface area (Å²) in [6.45, 7) is 12.1. The van der Waals surface area contributed by atoms with E-state index in [0.717, 1.165) is 6.42 Å². The molecule has 0 heterocycles. The van der Waals surface area contributed by atoms with Gasteiger partial charge in [-0.1, -0.05) is 45.6 Å². The minimum Gasteiger partial charge on any atom is -0.327 e. The standard InChI is InChI=1S/C14H23NO/c1-6-7-8-9-12(2)15-13(16)10-11-14(3,4)5/h6-9H,2,10-11H2,1,3-5H3,(H,15,16)/b7-6-,9-8-. The minimum atomic E-state index is 0.0325. The highest BCUT2D eigenvalue weighted by atomic mass is 16.1. The smallest absolute Gasteiger partial charge is 0.224 e. The zero-order valence-electron chi connectivity index (χ0n) is 10.8. The molecule has 1 N–H and O–H groups in total. The van der Waals surface area contributed by atoms with E-state index in [4.69, 9.17) is 0 Å². The van der Waals surface area contributed by atoms with Gasteiger partial charge in [0.1, 0.15) is 0 Å². The molecule has 0 aromatic carbocycles. The van der Waals surface area contributed by atoms with Crippen LogP contribution in [0, 0.1) is 5.41 Å². The summed E-state index contributed by atoms with van der Waals surface area (Å²) in [5.74, 6) is 0.0325. The summed E-state index contributed by atoms with van der Waals surface area (Å²) in [5, 5.41) is 2.76. The van der Waals surface area contributed by atoms with Gasteiger partial charge in [-0.25, -0.2) is 0 Å². The number of carbonyl (C=O) groups is 1. The minimum absolute atomic E-state index is 0.0325. The fourth-order valence-corrected chi connectivity index (χ4v) is 1.05. The fraction of sp³-hybridized carbons (Fsp3) is 0.500. The van der Waals surface area contributed by atoms with Crippen LogP contribution in [-0.2, 0) is 4.79 Å². The quantitative estimate of drug-likeness (QED) is 0.706. The van der Waals surface area contributed by atoms with Crippen molar-refractivity contribution in [3.05, 3.63) is 36.6 Å². The lowest BCUT2D eigenvalue weighted by molar-refractivity contribution is -0.120. The molecule has 0 spiro atoms. The molecule has 0 aliphatic carbocycles. The van der Waals surface area contributed by atoms with Crippen molar-refractivity contribution >= 4 is 5.91 Å². The molecule has 0 aromatic rings. The van der Waals surface area contributed by atoms with Gasteiger partial charge in [0.05, 0.1) is 0 Å². The molecule has 0 bridgehead atoms. The van der Waals surface area contributed by atoms with Crippen LogP contribution in [0.3, 0.4) is 0 Å². The molecule has 0 aromatic heterocycles. The lowest BCUT2D eigenvalue weighted by Crippen LogP contribution is -2.22. The van der Waals surface area contributed by atoms with Crippen LogP contribution in [0.2, 0.25) is 0 Å². The molecule has 16 heavy (non-hydrogen) atoms. The first-order valence-electron chi connectivity index (χ1n) is 5.63. The molecular formula is C14H23NO. The zero-order valence-corrected chi connectivity index (χ0v) is 10.8. The van der Waals surface area contributed by atoms with Gasteiger partial charge in [0.2, 0.25) is 5.91 Å². The van der Waals surface area contributed by atoms with Crippen LogP contribution in [0.5, 0.6) is 0 Å². The monoisotopic (exact) mass is 221 g/mol. The lowest BCUT2D eigenvalue weighted by atomic mass is 9.90. The van der Waals surface area contributed by atoms with Crippen LogP contribution in [0.4, 0.5) is 0 Å². The van der Waals surface area contributed by atoms with Crippen LogP contribution in [0.25, 0.3) is 0 Å². The first-order valence-corrected chi connectivity index (χ1v) is 5.63. The molecule has 0 radical (unpaired) electrons. The maximum atomic E-state index is 11.5. The molecule has 0 rings (SSSR count). The summed E-state index contributed by atoms with van der Waals surface area (Å²) < 4.78 is 0. The lowest BCUT2D eigenvalue weighted by Gasteiger charge is -2.17. The number of hydrogen-bond acceptors (Lipinski definition) is 1. The van der Waals surface area contributed by atoms with Gasteiger partial charge in [-0.2, -0.15) is 0 Å². The maximum Gasteiger partial charge on any atom is 0.224 e. The molecule has 0 aliphatic heterocycles. The summed E-state index contributed by atoms with van der Waals surface area (Å²) in [5.41, 5.74) is 0.830. The van der Waals surface area contributed by atoms with Gasteiger partial charge in [-0.15, -0.1) is 0 Å². The van der Waals surface area contributed by atoms with Crippen molar-refractivity contribution in [2.75, 3.05) is 0 Å². The number of carbonyl (C=O) groups excluding carboxylic acids is 1. The number of hydrogen-bond donors (Lipinski definition) is 1. The molecular weight excluding hydrogens is 198 g/mol. The molecule has 90 valence electrons. The summed E-state index contributed by atoms with van der Waals surface area (Å²) in [6.07, 6.45) is 8.88. The molecule has 0 fully saturated rings. The van der Waals surface area contributed by atoms with Crippen molar-refractivity contribution < 1.29 is 4.79 Å². The normalized spacial score (nSPS) is 12.2. The van der Waals surface area contributed by atoms with E-state index in [-0.39, 0.29) is 11.3 Å². The molecule has 0 atom stereocenters. The Morgan fingerprint density at radius 3 is 2.44 bits per heavy atom. The highest BCUT2D eigenvalue weighted by Gasteiger charge is 2.12. The highest BCUT2D eigenvalue weighted by molar-refractivity contribution is 5.78. The fourth-order valence-electron chi connectivity index (χ4n) is 1.05. The van der Waals surface area contributed by atoms with Gasteiger partial charge >= 0.3 is 0 Å². The summed E-state index contributed by atoms with van der Waals surface area (Å²) in [6, 6.07) is 0. The first kappa shape index (κ1) is 14.7.